The number of rotatable bonds is 2. The number of anilines is 1. The van der Waals surface area contributed by atoms with E-state index in [0.29, 0.717) is 11.1 Å². The second kappa shape index (κ2) is 5.17. The highest BCUT2D eigenvalue weighted by Crippen LogP contribution is 2.30. The maximum absolute atomic E-state index is 6.00. The van der Waals surface area contributed by atoms with Crippen molar-refractivity contribution in [1.82, 2.24) is 9.97 Å². The first-order valence-corrected chi connectivity index (χ1v) is 6.91. The lowest BCUT2D eigenvalue weighted by Crippen LogP contribution is -2.20. The first kappa shape index (κ1) is 12.4. The van der Waals surface area contributed by atoms with Crippen molar-refractivity contribution in [1.29, 1.82) is 0 Å². The zero-order chi connectivity index (χ0) is 13.2. The number of aryl methyl sites for hydroxylation is 1. The van der Waals surface area contributed by atoms with Gasteiger partial charge in [-0.25, -0.2) is 9.97 Å². The lowest BCUT2D eigenvalue weighted by Gasteiger charge is -2.18. The number of nitrogens with zero attached hydrogens (tertiary/aromatic N) is 3. The third-order valence-corrected chi connectivity index (χ3v) is 3.77. The van der Waals surface area contributed by atoms with Crippen LogP contribution < -0.4 is 4.90 Å². The van der Waals surface area contributed by atoms with E-state index in [1.165, 1.54) is 5.56 Å². The summed E-state index contributed by atoms with van der Waals surface area (Å²) in [6, 6.07) is 12.5. The highest BCUT2D eigenvalue weighted by molar-refractivity contribution is 6.29. The van der Waals surface area contributed by atoms with Gasteiger partial charge in [-0.05, 0) is 18.9 Å². The van der Waals surface area contributed by atoms with E-state index in [9.17, 15) is 0 Å². The van der Waals surface area contributed by atoms with Crippen molar-refractivity contribution in [3.05, 3.63) is 52.9 Å². The molecular weight excluding hydrogens is 258 g/mol. The molecule has 1 atom stereocenters. The lowest BCUT2D eigenvalue weighted by atomic mass is 9.99. The van der Waals surface area contributed by atoms with Gasteiger partial charge in [0.05, 0.1) is 0 Å². The Kier molecular flexibility index (Phi) is 3.38. The quantitative estimate of drug-likeness (QED) is 0.785. The maximum atomic E-state index is 6.00. The second-order valence-electron chi connectivity index (χ2n) is 4.94. The molecule has 0 spiro atoms. The molecule has 1 aliphatic heterocycles. The molecule has 2 aromatic rings. The van der Waals surface area contributed by atoms with Crippen molar-refractivity contribution in [3.8, 4) is 0 Å². The predicted molar refractivity (Wildman–Crippen MR) is 77.8 cm³/mol. The molecule has 0 N–H and O–H groups in total. The van der Waals surface area contributed by atoms with E-state index in [-0.39, 0.29) is 0 Å². The first-order chi connectivity index (χ1) is 9.22. The van der Waals surface area contributed by atoms with E-state index in [4.69, 9.17) is 11.6 Å². The molecule has 2 heterocycles. The molecule has 0 aliphatic carbocycles. The minimum absolute atomic E-state index is 0.519. The van der Waals surface area contributed by atoms with Crippen LogP contribution >= 0.6 is 11.6 Å². The monoisotopic (exact) mass is 273 g/mol. The minimum Gasteiger partial charge on any atom is -0.356 e. The Hall–Kier alpha value is -1.61. The van der Waals surface area contributed by atoms with Crippen molar-refractivity contribution in [3.63, 3.8) is 0 Å². The smallest absolute Gasteiger partial charge is 0.134 e. The van der Waals surface area contributed by atoms with Gasteiger partial charge in [0.15, 0.2) is 0 Å². The van der Waals surface area contributed by atoms with Gasteiger partial charge >= 0.3 is 0 Å². The molecule has 3 rings (SSSR count). The first-order valence-electron chi connectivity index (χ1n) is 6.53. The largest absolute Gasteiger partial charge is 0.356 e. The van der Waals surface area contributed by atoms with Crippen molar-refractivity contribution in [2.24, 2.45) is 0 Å². The van der Waals surface area contributed by atoms with E-state index in [1.54, 1.807) is 0 Å². The van der Waals surface area contributed by atoms with Crippen molar-refractivity contribution in [2.75, 3.05) is 18.0 Å². The van der Waals surface area contributed by atoms with Crippen LogP contribution in [0.25, 0.3) is 0 Å². The van der Waals surface area contributed by atoms with E-state index < -0.39 is 0 Å². The van der Waals surface area contributed by atoms with E-state index >= 15 is 0 Å². The molecule has 0 radical (unpaired) electrons. The number of benzene rings is 1. The summed E-state index contributed by atoms with van der Waals surface area (Å²) in [5.41, 5.74) is 1.40. The summed E-state index contributed by atoms with van der Waals surface area (Å²) in [6.07, 6.45) is 1.16. The zero-order valence-electron chi connectivity index (χ0n) is 10.9. The van der Waals surface area contributed by atoms with Crippen LogP contribution in [0.3, 0.4) is 0 Å². The summed E-state index contributed by atoms with van der Waals surface area (Å²) in [4.78, 5) is 10.9. The van der Waals surface area contributed by atoms with E-state index in [2.05, 4.69) is 45.2 Å². The zero-order valence-corrected chi connectivity index (χ0v) is 11.6. The summed E-state index contributed by atoms with van der Waals surface area (Å²) in [6.45, 7) is 3.89. The maximum Gasteiger partial charge on any atom is 0.134 e. The third kappa shape index (κ3) is 2.71. The van der Waals surface area contributed by atoms with Gasteiger partial charge in [0.25, 0.3) is 0 Å². The lowest BCUT2D eigenvalue weighted by molar-refractivity contribution is 0.774. The SMILES string of the molecule is Cc1nc(Cl)cc(N2CCC(c3ccccc3)C2)n1. The van der Waals surface area contributed by atoms with Gasteiger partial charge in [0, 0.05) is 25.1 Å². The minimum atomic E-state index is 0.519. The number of hydrogen-bond donors (Lipinski definition) is 0. The van der Waals surface area contributed by atoms with Crippen LogP contribution in [0.2, 0.25) is 5.15 Å². The van der Waals surface area contributed by atoms with Crippen LogP contribution in [0.15, 0.2) is 36.4 Å². The molecular formula is C15H16ClN3. The molecule has 1 fully saturated rings. The molecule has 4 heteroatoms. The van der Waals surface area contributed by atoms with E-state index in [0.717, 1.165) is 31.2 Å². The van der Waals surface area contributed by atoms with Crippen LogP contribution in [0.4, 0.5) is 5.82 Å². The summed E-state index contributed by atoms with van der Waals surface area (Å²) in [5.74, 6) is 2.25. The highest BCUT2D eigenvalue weighted by atomic mass is 35.5. The van der Waals surface area contributed by atoms with Gasteiger partial charge in [0.2, 0.25) is 0 Å². The molecule has 1 saturated heterocycles. The molecule has 98 valence electrons. The fourth-order valence-corrected chi connectivity index (χ4v) is 2.86. The second-order valence-corrected chi connectivity index (χ2v) is 5.33. The van der Waals surface area contributed by atoms with E-state index in [1.807, 2.05) is 13.0 Å². The number of hydrogen-bond acceptors (Lipinski definition) is 3. The normalized spacial score (nSPS) is 18.8. The Morgan fingerprint density at radius 1 is 1.21 bits per heavy atom. The Balaban J connectivity index is 1.79. The molecule has 3 nitrogen and oxygen atoms in total. The highest BCUT2D eigenvalue weighted by Gasteiger charge is 2.25. The third-order valence-electron chi connectivity index (χ3n) is 3.58. The van der Waals surface area contributed by atoms with Crippen molar-refractivity contribution in [2.45, 2.75) is 19.3 Å². The Morgan fingerprint density at radius 2 is 2.00 bits per heavy atom. The predicted octanol–water partition coefficient (Wildman–Crippen LogP) is 3.43. The standard InChI is InChI=1S/C15H16ClN3/c1-11-17-14(16)9-15(18-11)19-8-7-13(10-19)12-5-3-2-4-6-12/h2-6,9,13H,7-8,10H2,1H3. The topological polar surface area (TPSA) is 29.0 Å². The molecule has 1 aromatic heterocycles. The summed E-state index contributed by atoms with van der Waals surface area (Å²) < 4.78 is 0. The summed E-state index contributed by atoms with van der Waals surface area (Å²) in [5, 5.41) is 0.519. The molecule has 1 unspecified atom stereocenters. The number of aromatic nitrogens is 2. The van der Waals surface area contributed by atoms with Crippen molar-refractivity contribution >= 4 is 17.4 Å². The van der Waals surface area contributed by atoms with Gasteiger partial charge < -0.3 is 4.90 Å². The van der Waals surface area contributed by atoms with Gasteiger partial charge in [0.1, 0.15) is 16.8 Å². The Morgan fingerprint density at radius 3 is 2.74 bits per heavy atom. The van der Waals surface area contributed by atoms with Gasteiger partial charge in [-0.1, -0.05) is 41.9 Å². The number of halogens is 1. The molecule has 1 aliphatic rings. The van der Waals surface area contributed by atoms with Crippen LogP contribution in [0.5, 0.6) is 0 Å². The van der Waals surface area contributed by atoms with Gasteiger partial charge in [-0.15, -0.1) is 0 Å². The average molecular weight is 274 g/mol. The van der Waals surface area contributed by atoms with Crippen LogP contribution in [-0.2, 0) is 0 Å². The molecule has 19 heavy (non-hydrogen) atoms. The molecule has 1 aromatic carbocycles. The average Bonchev–Trinajstić information content (AvgIpc) is 2.88. The molecule has 0 amide bonds. The van der Waals surface area contributed by atoms with Crippen LogP contribution in [0, 0.1) is 6.92 Å². The summed E-state index contributed by atoms with van der Waals surface area (Å²) in [7, 11) is 0. The Labute approximate surface area is 118 Å². The van der Waals surface area contributed by atoms with Gasteiger partial charge in [-0.3, -0.25) is 0 Å². The molecule has 0 saturated carbocycles. The van der Waals surface area contributed by atoms with Crippen LogP contribution in [0.1, 0.15) is 23.7 Å². The van der Waals surface area contributed by atoms with Gasteiger partial charge in [-0.2, -0.15) is 0 Å². The fraction of sp³-hybridized carbons (Fsp3) is 0.333. The fourth-order valence-electron chi connectivity index (χ4n) is 2.64. The van der Waals surface area contributed by atoms with Crippen LogP contribution in [-0.4, -0.2) is 23.1 Å². The Bertz CT molecular complexity index is 551. The molecule has 0 bridgehead atoms. The summed E-state index contributed by atoms with van der Waals surface area (Å²) >= 11 is 6.00. The van der Waals surface area contributed by atoms with Crippen molar-refractivity contribution < 1.29 is 0 Å².